The summed E-state index contributed by atoms with van der Waals surface area (Å²) in [5.74, 6) is 0. The number of carbonyl (C=O) groups is 1. The minimum Gasteiger partial charge on any atom is -0.335 e. The van der Waals surface area contributed by atoms with Crippen LogP contribution in [0.25, 0.3) is 10.2 Å². The molecule has 0 radical (unpaired) electrons. The zero-order valence-corrected chi connectivity index (χ0v) is 11.0. The van der Waals surface area contributed by atoms with E-state index in [0.717, 1.165) is 15.2 Å². The second-order valence-corrected chi connectivity index (χ2v) is 5.02. The number of amides is 2. The molecule has 2 rings (SSSR count). The molecule has 0 saturated carbocycles. The van der Waals surface area contributed by atoms with E-state index in [4.69, 9.17) is 0 Å². The van der Waals surface area contributed by atoms with E-state index in [1.165, 1.54) is 0 Å². The molecular weight excluding hydrogens is 246 g/mol. The van der Waals surface area contributed by atoms with Crippen LogP contribution in [0.3, 0.4) is 0 Å². The second kappa shape index (κ2) is 5.64. The Balaban J connectivity index is 2.04. The van der Waals surface area contributed by atoms with Gasteiger partial charge in [-0.3, -0.25) is 0 Å². The molecule has 1 heterocycles. The Bertz CT molecular complexity index is 531. The predicted octanol–water partition coefficient (Wildman–Crippen LogP) is 2.62. The van der Waals surface area contributed by atoms with Crippen LogP contribution in [-0.2, 0) is 6.54 Å². The summed E-state index contributed by atoms with van der Waals surface area (Å²) in [5.41, 5.74) is 0.984. The van der Waals surface area contributed by atoms with Crippen LogP contribution >= 0.6 is 11.3 Å². The van der Waals surface area contributed by atoms with Crippen molar-refractivity contribution in [3.63, 3.8) is 0 Å². The zero-order valence-electron chi connectivity index (χ0n) is 10.2. The SMILES string of the molecule is C=CCNC(=O)N(C)Cc1nc2ccccc2s1. The van der Waals surface area contributed by atoms with Gasteiger partial charge in [0, 0.05) is 13.6 Å². The lowest BCUT2D eigenvalue weighted by atomic mass is 10.3. The molecule has 1 aromatic carbocycles. The molecule has 0 aliphatic heterocycles. The van der Waals surface area contributed by atoms with E-state index in [9.17, 15) is 4.79 Å². The summed E-state index contributed by atoms with van der Waals surface area (Å²) in [6, 6.07) is 7.85. The van der Waals surface area contributed by atoms with Gasteiger partial charge in [-0.1, -0.05) is 18.2 Å². The standard InChI is InChI=1S/C13H15N3OS/c1-3-8-14-13(17)16(2)9-12-15-10-6-4-5-7-11(10)18-12/h3-7H,1,8-9H2,2H3,(H,14,17). The Morgan fingerprint density at radius 1 is 1.56 bits per heavy atom. The quantitative estimate of drug-likeness (QED) is 0.860. The van der Waals surface area contributed by atoms with Crippen molar-refractivity contribution in [1.82, 2.24) is 15.2 Å². The van der Waals surface area contributed by atoms with Crippen molar-refractivity contribution in [2.45, 2.75) is 6.54 Å². The van der Waals surface area contributed by atoms with Gasteiger partial charge in [-0.2, -0.15) is 0 Å². The summed E-state index contributed by atoms with van der Waals surface area (Å²) in [7, 11) is 1.75. The average molecular weight is 261 g/mol. The van der Waals surface area contributed by atoms with Gasteiger partial charge in [-0.15, -0.1) is 17.9 Å². The fourth-order valence-electron chi connectivity index (χ4n) is 1.56. The highest BCUT2D eigenvalue weighted by Crippen LogP contribution is 2.22. The summed E-state index contributed by atoms with van der Waals surface area (Å²) < 4.78 is 1.15. The smallest absolute Gasteiger partial charge is 0.317 e. The molecule has 94 valence electrons. The number of nitrogens with one attached hydrogen (secondary N) is 1. The van der Waals surface area contributed by atoms with Crippen molar-refractivity contribution in [3.8, 4) is 0 Å². The number of para-hydroxylation sites is 1. The third kappa shape index (κ3) is 2.87. The fourth-order valence-corrected chi connectivity index (χ4v) is 2.58. The first-order chi connectivity index (χ1) is 8.70. The number of aromatic nitrogens is 1. The Morgan fingerprint density at radius 3 is 3.06 bits per heavy atom. The van der Waals surface area contributed by atoms with Crippen molar-refractivity contribution in [2.75, 3.05) is 13.6 Å². The average Bonchev–Trinajstić information content (AvgIpc) is 2.77. The van der Waals surface area contributed by atoms with Crippen LogP contribution in [0, 0.1) is 0 Å². The molecule has 5 heteroatoms. The normalized spacial score (nSPS) is 10.3. The molecule has 0 atom stereocenters. The Hall–Kier alpha value is -1.88. The van der Waals surface area contributed by atoms with Crippen molar-refractivity contribution >= 4 is 27.6 Å². The summed E-state index contributed by atoms with van der Waals surface area (Å²) in [4.78, 5) is 17.8. The van der Waals surface area contributed by atoms with Gasteiger partial charge in [0.2, 0.25) is 0 Å². The number of hydrogen-bond acceptors (Lipinski definition) is 3. The van der Waals surface area contributed by atoms with Crippen LogP contribution in [0.5, 0.6) is 0 Å². The number of rotatable bonds is 4. The molecule has 4 nitrogen and oxygen atoms in total. The molecule has 0 fully saturated rings. The van der Waals surface area contributed by atoms with Crippen molar-refractivity contribution in [3.05, 3.63) is 41.9 Å². The van der Waals surface area contributed by atoms with Crippen LogP contribution < -0.4 is 5.32 Å². The van der Waals surface area contributed by atoms with Gasteiger partial charge in [-0.25, -0.2) is 9.78 Å². The highest BCUT2D eigenvalue weighted by atomic mass is 32.1. The monoisotopic (exact) mass is 261 g/mol. The van der Waals surface area contributed by atoms with E-state index in [0.29, 0.717) is 13.1 Å². The Morgan fingerprint density at radius 2 is 2.33 bits per heavy atom. The van der Waals surface area contributed by atoms with Crippen LogP contribution in [0.4, 0.5) is 4.79 Å². The van der Waals surface area contributed by atoms with Gasteiger partial charge < -0.3 is 10.2 Å². The fraction of sp³-hybridized carbons (Fsp3) is 0.231. The number of carbonyl (C=O) groups excluding carboxylic acids is 1. The van der Waals surface area contributed by atoms with E-state index < -0.39 is 0 Å². The number of thiazole rings is 1. The molecule has 1 aromatic heterocycles. The largest absolute Gasteiger partial charge is 0.335 e. The molecule has 2 amide bonds. The van der Waals surface area contributed by atoms with E-state index in [-0.39, 0.29) is 6.03 Å². The summed E-state index contributed by atoms with van der Waals surface area (Å²) in [6.45, 7) is 4.55. The van der Waals surface area contributed by atoms with Gasteiger partial charge in [0.15, 0.2) is 0 Å². The maximum absolute atomic E-state index is 11.7. The number of fused-ring (bicyclic) bond motifs is 1. The first-order valence-electron chi connectivity index (χ1n) is 5.65. The molecule has 0 aliphatic carbocycles. The highest BCUT2D eigenvalue weighted by molar-refractivity contribution is 7.18. The van der Waals surface area contributed by atoms with Crippen molar-refractivity contribution in [2.24, 2.45) is 0 Å². The minimum absolute atomic E-state index is 0.117. The highest BCUT2D eigenvalue weighted by Gasteiger charge is 2.10. The van der Waals surface area contributed by atoms with Gasteiger partial charge >= 0.3 is 6.03 Å². The van der Waals surface area contributed by atoms with Gasteiger partial charge in [-0.05, 0) is 12.1 Å². The first-order valence-corrected chi connectivity index (χ1v) is 6.46. The number of urea groups is 1. The van der Waals surface area contributed by atoms with Crippen LogP contribution in [0.1, 0.15) is 5.01 Å². The molecule has 0 bridgehead atoms. The lowest BCUT2D eigenvalue weighted by molar-refractivity contribution is 0.208. The first kappa shape index (κ1) is 12.6. The molecule has 18 heavy (non-hydrogen) atoms. The van der Waals surface area contributed by atoms with Crippen LogP contribution in [-0.4, -0.2) is 29.5 Å². The summed E-state index contributed by atoms with van der Waals surface area (Å²) >= 11 is 1.61. The molecular formula is C13H15N3OS. The van der Waals surface area contributed by atoms with Crippen LogP contribution in [0.15, 0.2) is 36.9 Å². The number of hydrogen-bond donors (Lipinski definition) is 1. The topological polar surface area (TPSA) is 45.2 Å². The molecule has 0 aliphatic rings. The minimum atomic E-state index is -0.117. The molecule has 0 saturated heterocycles. The Kier molecular flexibility index (Phi) is 3.94. The van der Waals surface area contributed by atoms with E-state index in [2.05, 4.69) is 16.9 Å². The maximum Gasteiger partial charge on any atom is 0.317 e. The van der Waals surface area contributed by atoms with E-state index >= 15 is 0 Å². The van der Waals surface area contributed by atoms with Crippen molar-refractivity contribution in [1.29, 1.82) is 0 Å². The van der Waals surface area contributed by atoms with E-state index in [1.807, 2.05) is 24.3 Å². The lowest BCUT2D eigenvalue weighted by Crippen LogP contribution is -2.36. The van der Waals surface area contributed by atoms with E-state index in [1.54, 1.807) is 29.4 Å². The number of nitrogens with zero attached hydrogens (tertiary/aromatic N) is 2. The van der Waals surface area contributed by atoms with Gasteiger partial charge in [0.1, 0.15) is 5.01 Å². The van der Waals surface area contributed by atoms with Crippen LogP contribution in [0.2, 0.25) is 0 Å². The second-order valence-electron chi connectivity index (χ2n) is 3.91. The molecule has 2 aromatic rings. The molecule has 0 spiro atoms. The Labute approximate surface area is 110 Å². The van der Waals surface area contributed by atoms with Crippen molar-refractivity contribution < 1.29 is 4.79 Å². The molecule has 0 unspecified atom stereocenters. The molecule has 1 N–H and O–H groups in total. The van der Waals surface area contributed by atoms with Gasteiger partial charge in [0.05, 0.1) is 16.8 Å². The maximum atomic E-state index is 11.7. The third-order valence-electron chi connectivity index (χ3n) is 2.45. The zero-order chi connectivity index (χ0) is 13.0. The number of benzene rings is 1. The third-order valence-corrected chi connectivity index (χ3v) is 3.48. The summed E-state index contributed by atoms with van der Waals surface area (Å²) in [5, 5.41) is 3.67. The lowest BCUT2D eigenvalue weighted by Gasteiger charge is -2.15. The predicted molar refractivity (Wildman–Crippen MR) is 74.7 cm³/mol. The van der Waals surface area contributed by atoms with Gasteiger partial charge in [0.25, 0.3) is 0 Å². The summed E-state index contributed by atoms with van der Waals surface area (Å²) in [6.07, 6.45) is 1.66.